The van der Waals surface area contributed by atoms with Gasteiger partial charge in [-0.1, -0.05) is 0 Å². The zero-order valence-electron chi connectivity index (χ0n) is 10.8. The van der Waals surface area contributed by atoms with Gasteiger partial charge in [-0.3, -0.25) is 9.30 Å². The number of rotatable bonds is 2. The van der Waals surface area contributed by atoms with E-state index in [0.717, 1.165) is 42.1 Å². The summed E-state index contributed by atoms with van der Waals surface area (Å²) in [5.74, 6) is 1.63. The fourth-order valence-corrected chi connectivity index (χ4v) is 4.36. The maximum absolute atomic E-state index is 6.15. The summed E-state index contributed by atoms with van der Waals surface area (Å²) in [5, 5.41) is 2.07. The van der Waals surface area contributed by atoms with Crippen LogP contribution in [0.15, 0.2) is 11.6 Å². The molecule has 0 aromatic carbocycles. The van der Waals surface area contributed by atoms with E-state index in [-0.39, 0.29) is 0 Å². The summed E-state index contributed by atoms with van der Waals surface area (Å²) in [7, 11) is 0. The second-order valence-electron chi connectivity index (χ2n) is 5.35. The molecule has 6 heteroatoms. The summed E-state index contributed by atoms with van der Waals surface area (Å²) in [6.45, 7) is 4.62. The number of nitrogens with zero attached hydrogens (tertiary/aromatic N) is 4. The standard InChI is InChI=1S/C13H17ClN4S/c14-8-11-12(15-13-18(11)6-7-19-13)17-5-4-16-3-1-2-10(16)9-17/h6-7,10H,1-5,8-9H2. The summed E-state index contributed by atoms with van der Waals surface area (Å²) in [6, 6.07) is 0.719. The van der Waals surface area contributed by atoms with E-state index in [4.69, 9.17) is 16.6 Å². The SMILES string of the molecule is ClCc1c(N2CCN3CCCC3C2)nc2sccn12. The molecule has 2 aromatic rings. The lowest BCUT2D eigenvalue weighted by Crippen LogP contribution is -2.50. The highest BCUT2D eigenvalue weighted by atomic mass is 35.5. The molecule has 19 heavy (non-hydrogen) atoms. The second-order valence-corrected chi connectivity index (χ2v) is 6.49. The third-order valence-corrected chi connectivity index (χ3v) is 5.36. The molecular formula is C13H17ClN4S. The van der Waals surface area contributed by atoms with Crippen LogP contribution in [0.5, 0.6) is 0 Å². The van der Waals surface area contributed by atoms with Crippen LogP contribution in [-0.2, 0) is 5.88 Å². The molecule has 4 heterocycles. The van der Waals surface area contributed by atoms with E-state index in [1.54, 1.807) is 11.3 Å². The Kier molecular flexibility index (Phi) is 2.94. The van der Waals surface area contributed by atoms with Gasteiger partial charge in [0, 0.05) is 37.3 Å². The van der Waals surface area contributed by atoms with Crippen molar-refractivity contribution in [2.75, 3.05) is 31.1 Å². The molecular weight excluding hydrogens is 280 g/mol. The molecule has 2 aromatic heterocycles. The molecule has 2 aliphatic heterocycles. The van der Waals surface area contributed by atoms with Crippen LogP contribution in [0.4, 0.5) is 5.82 Å². The number of aromatic nitrogens is 2. The molecule has 0 saturated carbocycles. The number of piperazine rings is 1. The van der Waals surface area contributed by atoms with Crippen molar-refractivity contribution in [1.82, 2.24) is 14.3 Å². The minimum Gasteiger partial charge on any atom is -0.352 e. The summed E-state index contributed by atoms with van der Waals surface area (Å²) >= 11 is 7.82. The van der Waals surface area contributed by atoms with Gasteiger partial charge < -0.3 is 4.90 Å². The maximum atomic E-state index is 6.15. The first-order chi connectivity index (χ1) is 9.36. The molecule has 1 unspecified atom stereocenters. The highest BCUT2D eigenvalue weighted by Gasteiger charge is 2.32. The Morgan fingerprint density at radius 3 is 3.21 bits per heavy atom. The topological polar surface area (TPSA) is 23.8 Å². The average molecular weight is 297 g/mol. The fourth-order valence-electron chi connectivity index (χ4n) is 3.38. The van der Waals surface area contributed by atoms with Crippen LogP contribution in [0, 0.1) is 0 Å². The molecule has 1 atom stereocenters. The van der Waals surface area contributed by atoms with Gasteiger partial charge in [0.2, 0.25) is 0 Å². The van der Waals surface area contributed by atoms with Crippen LogP contribution in [-0.4, -0.2) is 46.5 Å². The quantitative estimate of drug-likeness (QED) is 0.795. The molecule has 4 rings (SSSR count). The van der Waals surface area contributed by atoms with Crippen LogP contribution in [0.3, 0.4) is 0 Å². The molecule has 0 N–H and O–H groups in total. The van der Waals surface area contributed by atoms with Gasteiger partial charge in [0.25, 0.3) is 0 Å². The molecule has 2 aliphatic rings. The van der Waals surface area contributed by atoms with Gasteiger partial charge in [0.15, 0.2) is 10.8 Å². The fraction of sp³-hybridized carbons (Fsp3) is 0.615. The van der Waals surface area contributed by atoms with Gasteiger partial charge >= 0.3 is 0 Å². The van der Waals surface area contributed by atoms with Gasteiger partial charge in [-0.25, -0.2) is 4.98 Å². The smallest absolute Gasteiger partial charge is 0.195 e. The lowest BCUT2D eigenvalue weighted by Gasteiger charge is -2.38. The Morgan fingerprint density at radius 2 is 2.32 bits per heavy atom. The van der Waals surface area contributed by atoms with E-state index in [9.17, 15) is 0 Å². The van der Waals surface area contributed by atoms with Crippen LogP contribution >= 0.6 is 22.9 Å². The van der Waals surface area contributed by atoms with E-state index < -0.39 is 0 Å². The summed E-state index contributed by atoms with van der Waals surface area (Å²) in [5.41, 5.74) is 1.14. The number of halogens is 1. The van der Waals surface area contributed by atoms with Crippen molar-refractivity contribution < 1.29 is 0 Å². The Hall–Kier alpha value is -0.780. The van der Waals surface area contributed by atoms with E-state index >= 15 is 0 Å². The Labute approximate surface area is 121 Å². The van der Waals surface area contributed by atoms with E-state index in [0.29, 0.717) is 5.88 Å². The van der Waals surface area contributed by atoms with Crippen LogP contribution in [0.1, 0.15) is 18.5 Å². The molecule has 2 saturated heterocycles. The van der Waals surface area contributed by atoms with E-state index in [1.165, 1.54) is 19.4 Å². The van der Waals surface area contributed by atoms with Crippen molar-refractivity contribution in [2.45, 2.75) is 24.8 Å². The number of thiazole rings is 1. The number of hydrogen-bond donors (Lipinski definition) is 0. The van der Waals surface area contributed by atoms with Crippen molar-refractivity contribution in [2.24, 2.45) is 0 Å². The lowest BCUT2D eigenvalue weighted by atomic mass is 10.1. The minimum atomic E-state index is 0.526. The normalized spacial score (nSPS) is 24.3. The largest absolute Gasteiger partial charge is 0.352 e. The maximum Gasteiger partial charge on any atom is 0.195 e. The summed E-state index contributed by atoms with van der Waals surface area (Å²) < 4.78 is 2.13. The van der Waals surface area contributed by atoms with Crippen molar-refractivity contribution in [1.29, 1.82) is 0 Å². The van der Waals surface area contributed by atoms with Crippen LogP contribution < -0.4 is 4.90 Å². The van der Waals surface area contributed by atoms with Crippen molar-refractivity contribution in [3.63, 3.8) is 0 Å². The molecule has 0 radical (unpaired) electrons. The number of fused-ring (bicyclic) bond motifs is 2. The number of alkyl halides is 1. The van der Waals surface area contributed by atoms with Gasteiger partial charge in [-0.15, -0.1) is 22.9 Å². The Balaban J connectivity index is 1.68. The number of hydrogen-bond acceptors (Lipinski definition) is 4. The monoisotopic (exact) mass is 296 g/mol. The van der Waals surface area contributed by atoms with Crippen LogP contribution in [0.2, 0.25) is 0 Å². The zero-order valence-corrected chi connectivity index (χ0v) is 12.3. The van der Waals surface area contributed by atoms with Crippen molar-refractivity contribution in [3.8, 4) is 0 Å². The Bertz CT molecular complexity index is 592. The third kappa shape index (κ3) is 1.87. The highest BCUT2D eigenvalue weighted by Crippen LogP contribution is 2.30. The summed E-state index contributed by atoms with van der Waals surface area (Å²) in [6.07, 6.45) is 4.74. The first-order valence-corrected chi connectivity index (χ1v) is 8.27. The first kappa shape index (κ1) is 12.0. The summed E-state index contributed by atoms with van der Waals surface area (Å²) in [4.78, 5) is 10.9. The molecule has 4 nitrogen and oxygen atoms in total. The minimum absolute atomic E-state index is 0.526. The predicted octanol–water partition coefficient (Wildman–Crippen LogP) is 2.42. The Morgan fingerprint density at radius 1 is 1.37 bits per heavy atom. The van der Waals surface area contributed by atoms with E-state index in [1.807, 2.05) is 0 Å². The molecule has 2 fully saturated rings. The lowest BCUT2D eigenvalue weighted by molar-refractivity contribution is 0.230. The van der Waals surface area contributed by atoms with Gasteiger partial charge in [0.05, 0.1) is 11.6 Å². The highest BCUT2D eigenvalue weighted by molar-refractivity contribution is 7.15. The van der Waals surface area contributed by atoms with Crippen molar-refractivity contribution >= 4 is 33.7 Å². The molecule has 0 aliphatic carbocycles. The van der Waals surface area contributed by atoms with Crippen LogP contribution in [0.25, 0.3) is 4.96 Å². The van der Waals surface area contributed by atoms with Gasteiger partial charge in [0.1, 0.15) is 0 Å². The predicted molar refractivity (Wildman–Crippen MR) is 79.4 cm³/mol. The molecule has 0 bridgehead atoms. The second kappa shape index (κ2) is 4.65. The molecule has 0 amide bonds. The zero-order chi connectivity index (χ0) is 12.8. The number of imidazole rings is 1. The molecule has 0 spiro atoms. The van der Waals surface area contributed by atoms with E-state index in [2.05, 4.69) is 25.8 Å². The van der Waals surface area contributed by atoms with Crippen molar-refractivity contribution in [3.05, 3.63) is 17.3 Å². The number of anilines is 1. The first-order valence-electron chi connectivity index (χ1n) is 6.86. The molecule has 102 valence electrons. The average Bonchev–Trinajstić information content (AvgIpc) is 3.12. The third-order valence-electron chi connectivity index (χ3n) is 4.35. The van der Waals surface area contributed by atoms with Gasteiger partial charge in [-0.05, 0) is 19.4 Å². The van der Waals surface area contributed by atoms with Gasteiger partial charge in [-0.2, -0.15) is 0 Å².